The van der Waals surface area contributed by atoms with Crippen molar-refractivity contribution in [2.75, 3.05) is 6.61 Å². The number of hydrogen-bond donors (Lipinski definition) is 0. The van der Waals surface area contributed by atoms with E-state index in [9.17, 15) is 9.59 Å². The number of hydrogen-bond acceptors (Lipinski definition) is 5. The van der Waals surface area contributed by atoms with Crippen LogP contribution in [0, 0.1) is 0 Å². The summed E-state index contributed by atoms with van der Waals surface area (Å²) in [6.45, 7) is 9.93. The van der Waals surface area contributed by atoms with E-state index in [-0.39, 0.29) is 18.4 Å². The van der Waals surface area contributed by atoms with Crippen molar-refractivity contribution in [2.24, 2.45) is 0 Å². The lowest BCUT2D eigenvalue weighted by atomic mass is 10.0. The Morgan fingerprint density at radius 3 is 2.34 bits per heavy atom. The lowest BCUT2D eigenvalue weighted by molar-refractivity contribution is -0.140. The first-order chi connectivity index (χ1) is 15.2. The summed E-state index contributed by atoms with van der Waals surface area (Å²) in [5.41, 5.74) is 1.62. The fourth-order valence-electron chi connectivity index (χ4n) is 3.48. The highest BCUT2D eigenvalue weighted by molar-refractivity contribution is 5.92. The number of ether oxygens (including phenoxy) is 1. The number of carbonyl (C=O) groups excluding carboxylic acids is 2. The number of esters is 1. The first-order valence-electron chi connectivity index (χ1n) is 10.7. The molecule has 2 aromatic heterocycles. The fourth-order valence-corrected chi connectivity index (χ4v) is 3.48. The monoisotopic (exact) mass is 434 g/mol. The van der Waals surface area contributed by atoms with Gasteiger partial charge in [-0.2, -0.15) is 5.10 Å². The third-order valence-electron chi connectivity index (χ3n) is 5.06. The van der Waals surface area contributed by atoms with Crippen molar-refractivity contribution in [1.29, 1.82) is 0 Å². The number of aromatic nitrogens is 3. The molecule has 0 N–H and O–H groups in total. The second kappa shape index (κ2) is 9.77. The molecule has 0 atom stereocenters. The molecule has 0 fully saturated rings. The van der Waals surface area contributed by atoms with E-state index in [1.165, 1.54) is 6.20 Å². The van der Waals surface area contributed by atoms with Crippen molar-refractivity contribution >= 4 is 11.9 Å². The van der Waals surface area contributed by atoms with E-state index in [0.717, 1.165) is 5.56 Å². The first kappa shape index (κ1) is 23.2. The van der Waals surface area contributed by atoms with Gasteiger partial charge in [0.15, 0.2) is 12.4 Å². The molecular formula is C25H30N4O3. The van der Waals surface area contributed by atoms with Crippen molar-refractivity contribution in [3.8, 4) is 5.82 Å². The van der Waals surface area contributed by atoms with Gasteiger partial charge in [-0.25, -0.2) is 14.5 Å². The molecule has 7 heteroatoms. The molecule has 0 bridgehead atoms. The molecule has 1 amide bonds. The predicted molar refractivity (Wildman–Crippen MR) is 122 cm³/mol. The molecular weight excluding hydrogens is 404 g/mol. The van der Waals surface area contributed by atoms with Crippen LogP contribution < -0.4 is 0 Å². The lowest BCUT2D eigenvalue weighted by Crippen LogP contribution is -2.46. The zero-order chi connectivity index (χ0) is 23.3. The maximum atomic E-state index is 13.0. The SMILES string of the molecule is CC(C)c1c(C(=O)OCC(=O)N(Cc2ccccc2)C(C)(C)C)cnn1-c1ccccn1. The standard InChI is InChI=1S/C25H30N4O3/c1-18(2)23-20(15-27-29(23)21-13-9-10-14-26-21)24(31)32-17-22(30)28(25(3,4)5)16-19-11-7-6-8-12-19/h6-15,18H,16-17H2,1-5H3. The quantitative estimate of drug-likeness (QED) is 0.516. The molecule has 0 unspecified atom stereocenters. The van der Waals surface area contributed by atoms with Crippen LogP contribution >= 0.6 is 0 Å². The topological polar surface area (TPSA) is 77.3 Å². The van der Waals surface area contributed by atoms with Gasteiger partial charge in [-0.15, -0.1) is 0 Å². The van der Waals surface area contributed by atoms with Gasteiger partial charge in [-0.1, -0.05) is 50.2 Å². The number of nitrogens with zero attached hydrogens (tertiary/aromatic N) is 4. The van der Waals surface area contributed by atoms with Gasteiger partial charge in [-0.05, 0) is 44.4 Å². The third-order valence-corrected chi connectivity index (χ3v) is 5.06. The molecule has 0 aliphatic heterocycles. The Kier molecular flexibility index (Phi) is 7.08. The van der Waals surface area contributed by atoms with E-state index in [0.29, 0.717) is 23.6 Å². The van der Waals surface area contributed by atoms with Crippen LogP contribution in [0.15, 0.2) is 60.9 Å². The van der Waals surface area contributed by atoms with Crippen LogP contribution in [0.5, 0.6) is 0 Å². The summed E-state index contributed by atoms with van der Waals surface area (Å²) >= 11 is 0. The van der Waals surface area contributed by atoms with Crippen molar-refractivity contribution in [1.82, 2.24) is 19.7 Å². The van der Waals surface area contributed by atoms with Crippen molar-refractivity contribution < 1.29 is 14.3 Å². The van der Waals surface area contributed by atoms with Crippen LogP contribution in [0.25, 0.3) is 5.82 Å². The minimum Gasteiger partial charge on any atom is -0.452 e. The van der Waals surface area contributed by atoms with Gasteiger partial charge in [0.25, 0.3) is 5.91 Å². The number of carbonyl (C=O) groups is 2. The van der Waals surface area contributed by atoms with Crippen molar-refractivity contribution in [3.05, 3.63) is 77.7 Å². The number of rotatable bonds is 7. The molecule has 2 heterocycles. The average molecular weight is 435 g/mol. The van der Waals surface area contributed by atoms with E-state index in [2.05, 4.69) is 10.1 Å². The van der Waals surface area contributed by atoms with Crippen LogP contribution in [0.1, 0.15) is 62.2 Å². The second-order valence-electron chi connectivity index (χ2n) is 8.91. The molecule has 168 valence electrons. The Labute approximate surface area is 189 Å². The summed E-state index contributed by atoms with van der Waals surface area (Å²) in [6.07, 6.45) is 3.15. The van der Waals surface area contributed by atoms with Gasteiger partial charge in [0.05, 0.1) is 11.9 Å². The molecule has 0 aliphatic carbocycles. The molecule has 3 rings (SSSR count). The summed E-state index contributed by atoms with van der Waals surface area (Å²) in [5.74, 6) is -0.203. The highest BCUT2D eigenvalue weighted by Gasteiger charge is 2.28. The van der Waals surface area contributed by atoms with Crippen molar-refractivity contribution in [2.45, 2.75) is 52.6 Å². The zero-order valence-corrected chi connectivity index (χ0v) is 19.3. The molecule has 1 aromatic carbocycles. The molecule has 32 heavy (non-hydrogen) atoms. The summed E-state index contributed by atoms with van der Waals surface area (Å²) in [4.78, 5) is 31.9. The maximum absolute atomic E-state index is 13.0. The molecule has 3 aromatic rings. The second-order valence-corrected chi connectivity index (χ2v) is 8.91. The zero-order valence-electron chi connectivity index (χ0n) is 19.3. The first-order valence-corrected chi connectivity index (χ1v) is 10.7. The summed E-state index contributed by atoms with van der Waals surface area (Å²) in [7, 11) is 0. The van der Waals surface area contributed by atoms with E-state index in [4.69, 9.17) is 4.74 Å². The van der Waals surface area contributed by atoms with E-state index < -0.39 is 11.5 Å². The van der Waals surface area contributed by atoms with Gasteiger partial charge in [0.2, 0.25) is 0 Å². The smallest absolute Gasteiger partial charge is 0.342 e. The van der Waals surface area contributed by atoms with Crippen molar-refractivity contribution in [3.63, 3.8) is 0 Å². The van der Waals surface area contributed by atoms with Gasteiger partial charge in [0, 0.05) is 18.3 Å². The fraction of sp³-hybridized carbons (Fsp3) is 0.360. The number of amides is 1. The summed E-state index contributed by atoms with van der Waals surface area (Å²) < 4.78 is 7.08. The van der Waals surface area contributed by atoms with Gasteiger partial charge in [0.1, 0.15) is 5.56 Å². The van der Waals surface area contributed by atoms with Gasteiger partial charge in [-0.3, -0.25) is 4.79 Å². The Hall–Kier alpha value is -3.48. The lowest BCUT2D eigenvalue weighted by Gasteiger charge is -2.35. The number of pyridine rings is 1. The molecule has 0 aliphatic rings. The largest absolute Gasteiger partial charge is 0.452 e. The predicted octanol–water partition coefficient (Wildman–Crippen LogP) is 4.37. The van der Waals surface area contributed by atoms with Crippen LogP contribution in [0.4, 0.5) is 0 Å². The summed E-state index contributed by atoms with van der Waals surface area (Å²) in [5, 5.41) is 4.34. The highest BCUT2D eigenvalue weighted by atomic mass is 16.5. The average Bonchev–Trinajstić information content (AvgIpc) is 3.22. The van der Waals surface area contributed by atoms with Crippen LogP contribution in [0.2, 0.25) is 0 Å². The maximum Gasteiger partial charge on any atom is 0.342 e. The molecule has 0 radical (unpaired) electrons. The molecule has 0 saturated heterocycles. The van der Waals surface area contributed by atoms with E-state index in [1.54, 1.807) is 15.8 Å². The van der Waals surface area contributed by atoms with Crippen LogP contribution in [0.3, 0.4) is 0 Å². The minimum atomic E-state index is -0.571. The van der Waals surface area contributed by atoms with Gasteiger partial charge >= 0.3 is 5.97 Å². The minimum absolute atomic E-state index is 0.00177. The van der Waals surface area contributed by atoms with Crippen LogP contribution in [-0.2, 0) is 16.1 Å². The summed E-state index contributed by atoms with van der Waals surface area (Å²) in [6, 6.07) is 15.3. The molecule has 7 nitrogen and oxygen atoms in total. The Morgan fingerprint density at radius 1 is 1.06 bits per heavy atom. The molecule has 0 saturated carbocycles. The Balaban J connectivity index is 1.75. The van der Waals surface area contributed by atoms with E-state index >= 15 is 0 Å². The highest BCUT2D eigenvalue weighted by Crippen LogP contribution is 2.23. The normalized spacial score (nSPS) is 11.4. The van der Waals surface area contributed by atoms with E-state index in [1.807, 2.05) is 83.1 Å². The number of benzene rings is 1. The van der Waals surface area contributed by atoms with Gasteiger partial charge < -0.3 is 9.64 Å². The molecule has 0 spiro atoms. The Morgan fingerprint density at radius 2 is 1.75 bits per heavy atom. The van der Waals surface area contributed by atoms with Crippen LogP contribution in [-0.4, -0.2) is 43.7 Å². The Bertz CT molecular complexity index is 1050. The third kappa shape index (κ3) is 5.41.